The average molecular weight is 464 g/mol. The first-order valence-corrected chi connectivity index (χ1v) is 9.50. The van der Waals surface area contributed by atoms with E-state index in [0.717, 1.165) is 22.9 Å². The molecule has 4 rings (SSSR count). The molecule has 2 aromatic carbocycles. The van der Waals surface area contributed by atoms with Gasteiger partial charge in [-0.1, -0.05) is 12.1 Å². The summed E-state index contributed by atoms with van der Waals surface area (Å²) in [5.74, 6) is -1.23. The second-order valence-corrected chi connectivity index (χ2v) is 6.72. The van der Waals surface area contributed by atoms with Gasteiger partial charge in [-0.2, -0.15) is 10.2 Å². The molecule has 0 saturated carbocycles. The van der Waals surface area contributed by atoms with Crippen molar-refractivity contribution in [2.45, 2.75) is 0 Å². The van der Waals surface area contributed by atoms with Crippen molar-refractivity contribution in [3.8, 4) is 16.9 Å². The molecule has 0 aliphatic rings. The van der Waals surface area contributed by atoms with Gasteiger partial charge in [0.15, 0.2) is 5.76 Å². The molecule has 0 atom stereocenters. The van der Waals surface area contributed by atoms with Crippen LogP contribution in [0.3, 0.4) is 0 Å². The van der Waals surface area contributed by atoms with Crippen LogP contribution in [0, 0.1) is 26.0 Å². The van der Waals surface area contributed by atoms with E-state index in [-0.39, 0.29) is 28.3 Å². The number of non-ortho nitro benzene ring substituents is 1. The average Bonchev–Trinajstić information content (AvgIpc) is 3.49. The fourth-order valence-corrected chi connectivity index (χ4v) is 3.06. The summed E-state index contributed by atoms with van der Waals surface area (Å²) in [6.07, 6.45) is 3.82. The topological polar surface area (TPSA) is 159 Å². The van der Waals surface area contributed by atoms with Crippen LogP contribution >= 0.6 is 0 Å². The molecule has 0 aliphatic carbocycles. The molecule has 0 bridgehead atoms. The second kappa shape index (κ2) is 9.12. The smallest absolute Gasteiger partial charge is 0.307 e. The Labute approximate surface area is 189 Å². The van der Waals surface area contributed by atoms with Gasteiger partial charge in [0.25, 0.3) is 5.69 Å². The van der Waals surface area contributed by atoms with Crippen molar-refractivity contribution in [2.75, 3.05) is 0 Å². The number of hydrogen-bond donors (Lipinski definition) is 1. The summed E-state index contributed by atoms with van der Waals surface area (Å²) in [7, 11) is 0. The van der Waals surface area contributed by atoms with Crippen LogP contribution in [-0.4, -0.2) is 31.7 Å². The number of halogens is 1. The van der Waals surface area contributed by atoms with Gasteiger partial charge in [-0.15, -0.1) is 0 Å². The van der Waals surface area contributed by atoms with Crippen LogP contribution in [-0.2, 0) is 0 Å². The van der Waals surface area contributed by atoms with E-state index in [1.54, 1.807) is 6.07 Å². The molecule has 0 spiro atoms. The van der Waals surface area contributed by atoms with E-state index in [1.165, 1.54) is 49.0 Å². The minimum Gasteiger partial charge on any atom is -0.459 e. The van der Waals surface area contributed by atoms with E-state index < -0.39 is 32.9 Å². The number of furan rings is 1. The molecule has 170 valence electrons. The van der Waals surface area contributed by atoms with Crippen LogP contribution in [0.4, 0.5) is 15.8 Å². The number of carbonyl (C=O) groups excluding carboxylic acids is 1. The maximum absolute atomic E-state index is 14.5. The maximum atomic E-state index is 14.5. The van der Waals surface area contributed by atoms with E-state index in [2.05, 4.69) is 15.6 Å². The molecule has 1 N–H and O–H groups in total. The molecule has 12 nitrogen and oxygen atoms in total. The van der Waals surface area contributed by atoms with Gasteiger partial charge in [0.2, 0.25) is 0 Å². The number of amides is 1. The Balaban J connectivity index is 1.78. The minimum absolute atomic E-state index is 0.0173. The summed E-state index contributed by atoms with van der Waals surface area (Å²) in [4.78, 5) is 33.0. The first kappa shape index (κ1) is 22.0. The number of hydrogen-bond acceptors (Lipinski definition) is 8. The quantitative estimate of drug-likeness (QED) is 0.247. The van der Waals surface area contributed by atoms with Crippen LogP contribution in [0.5, 0.6) is 0 Å². The molecule has 0 aliphatic heterocycles. The van der Waals surface area contributed by atoms with Gasteiger partial charge < -0.3 is 4.42 Å². The second-order valence-electron chi connectivity index (χ2n) is 6.72. The highest BCUT2D eigenvalue weighted by Gasteiger charge is 2.23. The third kappa shape index (κ3) is 4.38. The predicted molar refractivity (Wildman–Crippen MR) is 116 cm³/mol. The van der Waals surface area contributed by atoms with Gasteiger partial charge in [-0.25, -0.2) is 14.5 Å². The van der Waals surface area contributed by atoms with Crippen molar-refractivity contribution in [1.82, 2.24) is 15.2 Å². The third-order valence-corrected chi connectivity index (χ3v) is 4.60. The fraction of sp³-hybridized carbons (Fsp3) is 0. The van der Waals surface area contributed by atoms with Crippen molar-refractivity contribution >= 4 is 23.5 Å². The molecule has 0 radical (unpaired) electrons. The number of rotatable bonds is 7. The first-order chi connectivity index (χ1) is 16.3. The Morgan fingerprint density at radius 3 is 2.59 bits per heavy atom. The fourth-order valence-electron chi connectivity index (χ4n) is 3.06. The highest BCUT2D eigenvalue weighted by Crippen LogP contribution is 2.30. The van der Waals surface area contributed by atoms with E-state index >= 15 is 0 Å². The van der Waals surface area contributed by atoms with Crippen LogP contribution < -0.4 is 5.43 Å². The lowest BCUT2D eigenvalue weighted by Crippen LogP contribution is -2.16. The zero-order chi connectivity index (χ0) is 24.2. The normalized spacial score (nSPS) is 11.0. The lowest BCUT2D eigenvalue weighted by atomic mass is 10.1. The molecule has 4 aromatic rings. The van der Waals surface area contributed by atoms with Gasteiger partial charge in [0, 0.05) is 23.4 Å². The van der Waals surface area contributed by atoms with Crippen molar-refractivity contribution in [1.29, 1.82) is 0 Å². The minimum atomic E-state index is -0.788. The molecule has 0 saturated heterocycles. The number of nitro benzene ring substituents is 2. The van der Waals surface area contributed by atoms with E-state index in [1.807, 2.05) is 0 Å². The maximum Gasteiger partial charge on any atom is 0.307 e. The van der Waals surface area contributed by atoms with Gasteiger partial charge in [0.05, 0.1) is 28.4 Å². The Morgan fingerprint density at radius 1 is 1.12 bits per heavy atom. The van der Waals surface area contributed by atoms with Crippen LogP contribution in [0.2, 0.25) is 0 Å². The highest BCUT2D eigenvalue weighted by atomic mass is 19.1. The first-order valence-electron chi connectivity index (χ1n) is 9.50. The van der Waals surface area contributed by atoms with Crippen LogP contribution in [0.25, 0.3) is 16.9 Å². The molecule has 34 heavy (non-hydrogen) atoms. The van der Waals surface area contributed by atoms with E-state index in [9.17, 15) is 29.4 Å². The molecule has 0 unspecified atom stereocenters. The summed E-state index contributed by atoms with van der Waals surface area (Å²) in [5, 5.41) is 30.7. The molecular weight excluding hydrogens is 451 g/mol. The van der Waals surface area contributed by atoms with Gasteiger partial charge in [-0.3, -0.25) is 25.0 Å². The molecule has 2 heterocycles. The molecule has 13 heteroatoms. The van der Waals surface area contributed by atoms with Crippen LogP contribution in [0.15, 0.2) is 76.6 Å². The van der Waals surface area contributed by atoms with Gasteiger partial charge >= 0.3 is 11.6 Å². The molecule has 2 aromatic heterocycles. The van der Waals surface area contributed by atoms with Gasteiger partial charge in [0.1, 0.15) is 17.2 Å². The lowest BCUT2D eigenvalue weighted by molar-refractivity contribution is -0.394. The van der Waals surface area contributed by atoms with E-state index in [0.29, 0.717) is 0 Å². The number of hydrazone groups is 1. The van der Waals surface area contributed by atoms with Crippen LogP contribution in [0.1, 0.15) is 16.1 Å². The number of aromatic nitrogens is 2. The zero-order valence-corrected chi connectivity index (χ0v) is 17.0. The summed E-state index contributed by atoms with van der Waals surface area (Å²) in [5.41, 5.74) is 1.46. The standard InChI is InChI=1S/C21H13FN6O6/c22-16-5-2-1-4-15(16)20-13(11-23-24-21(29)19-6-3-9-34-19)12-26(25-20)17-8-7-14(27(30)31)10-18(17)28(32)33/h1-12H,(H,24,29)/b23-11+. The monoisotopic (exact) mass is 464 g/mol. The predicted octanol–water partition coefficient (Wildman–Crippen LogP) is 3.85. The number of nitro groups is 2. The van der Waals surface area contributed by atoms with Crippen molar-refractivity contribution < 1.29 is 23.4 Å². The summed E-state index contributed by atoms with van der Waals surface area (Å²) in [6.45, 7) is 0. The molecule has 1 amide bonds. The highest BCUT2D eigenvalue weighted by molar-refractivity contribution is 5.93. The third-order valence-electron chi connectivity index (χ3n) is 4.60. The SMILES string of the molecule is O=C(N/N=C/c1cn(-c2ccc([N+](=O)[O-])cc2[N+](=O)[O-])nc1-c1ccccc1F)c1ccco1. The Morgan fingerprint density at radius 2 is 1.91 bits per heavy atom. The Bertz CT molecular complexity index is 1430. The summed E-state index contributed by atoms with van der Waals surface area (Å²) in [6, 6.07) is 11.7. The Hall–Kier alpha value is -5.20. The van der Waals surface area contributed by atoms with Gasteiger partial charge in [-0.05, 0) is 30.3 Å². The molecule has 0 fully saturated rings. The van der Waals surface area contributed by atoms with E-state index in [4.69, 9.17) is 4.42 Å². The lowest BCUT2D eigenvalue weighted by Gasteiger charge is -2.03. The van der Waals surface area contributed by atoms with Crippen molar-refractivity contribution in [3.05, 3.63) is 104 Å². The number of benzene rings is 2. The number of nitrogens with one attached hydrogen (secondary N) is 1. The summed E-state index contributed by atoms with van der Waals surface area (Å²) >= 11 is 0. The Kier molecular flexibility index (Phi) is 5.90. The number of carbonyl (C=O) groups is 1. The van der Waals surface area contributed by atoms with Crippen molar-refractivity contribution in [2.24, 2.45) is 5.10 Å². The number of nitrogens with zero attached hydrogens (tertiary/aromatic N) is 5. The zero-order valence-electron chi connectivity index (χ0n) is 17.0. The summed E-state index contributed by atoms with van der Waals surface area (Å²) < 4.78 is 20.5. The molecular formula is C21H13FN6O6. The largest absolute Gasteiger partial charge is 0.459 e. The van der Waals surface area contributed by atoms with Crippen molar-refractivity contribution in [3.63, 3.8) is 0 Å².